The molecule has 0 bridgehead atoms. The third kappa shape index (κ3) is 5.46. The molecule has 3 rings (SSSR count). The zero-order valence-electron chi connectivity index (χ0n) is 14.8. The molecule has 6 nitrogen and oxygen atoms in total. The van der Waals surface area contributed by atoms with Gasteiger partial charge in [-0.25, -0.2) is 8.42 Å². The number of carbonyl (C=O) groups is 1. The maximum absolute atomic E-state index is 13.6. The molecular weight excluding hydrogens is 415 g/mol. The molecule has 0 aromatic carbocycles. The molecule has 154 valence electrons. The summed E-state index contributed by atoms with van der Waals surface area (Å²) in [5.41, 5.74) is -1.10. The molecule has 2 aliphatic rings. The molecule has 11 heteroatoms. The van der Waals surface area contributed by atoms with Crippen LogP contribution in [0.3, 0.4) is 0 Å². The van der Waals surface area contributed by atoms with Crippen LogP contribution in [-0.2, 0) is 14.6 Å². The smallest absolute Gasteiger partial charge is 0.336 e. The van der Waals surface area contributed by atoms with Crippen molar-refractivity contribution in [2.24, 2.45) is 5.92 Å². The van der Waals surface area contributed by atoms with Crippen LogP contribution in [0.1, 0.15) is 36.6 Å². The highest BCUT2D eigenvalue weighted by Gasteiger charge is 2.48. The molecule has 2 atom stereocenters. The minimum atomic E-state index is -4.71. The summed E-state index contributed by atoms with van der Waals surface area (Å²) in [7, 11) is -3.73. The first-order valence-corrected chi connectivity index (χ1v) is 11.5. The van der Waals surface area contributed by atoms with E-state index in [0.717, 1.165) is 24.2 Å². The van der Waals surface area contributed by atoms with E-state index >= 15 is 0 Å². The number of carbonyl (C=O) groups excluding carboxylic acids is 1. The van der Waals surface area contributed by atoms with Crippen LogP contribution in [0.15, 0.2) is 17.5 Å². The van der Waals surface area contributed by atoms with E-state index in [9.17, 15) is 26.4 Å². The van der Waals surface area contributed by atoms with Crippen LogP contribution in [0, 0.1) is 17.2 Å². The van der Waals surface area contributed by atoms with Crippen molar-refractivity contribution < 1.29 is 26.4 Å². The fourth-order valence-electron chi connectivity index (χ4n) is 2.87. The van der Waals surface area contributed by atoms with Gasteiger partial charge in [0, 0.05) is 4.88 Å². The maximum atomic E-state index is 13.6. The Balaban J connectivity index is 1.81. The Bertz CT molecular complexity index is 854. The van der Waals surface area contributed by atoms with Crippen LogP contribution in [0.4, 0.5) is 13.2 Å². The topological polar surface area (TPSA) is 99.1 Å². The largest absolute Gasteiger partial charge is 0.408 e. The molecule has 1 amide bonds. The van der Waals surface area contributed by atoms with Crippen LogP contribution in [0.2, 0.25) is 0 Å². The molecule has 0 unspecified atom stereocenters. The number of nitriles is 1. The molecule has 1 heterocycles. The first-order valence-electron chi connectivity index (χ1n) is 8.83. The van der Waals surface area contributed by atoms with Gasteiger partial charge in [-0.1, -0.05) is 6.07 Å². The van der Waals surface area contributed by atoms with Crippen LogP contribution in [-0.4, -0.2) is 43.6 Å². The number of rotatable bonds is 9. The molecule has 0 spiro atoms. The van der Waals surface area contributed by atoms with E-state index in [4.69, 9.17) is 5.26 Å². The van der Waals surface area contributed by atoms with Crippen molar-refractivity contribution in [3.05, 3.63) is 22.4 Å². The standard InChI is InChI=1S/C17H20F3N3O3S2/c18-17(19,20)14(13-2-1-7-27-13)22-12(9-28(25,26)8-11-3-4-11)15(24)23-16(10-21)5-6-16/h1-2,7,11-12,14,22H,3-6,8-9H2,(H,23,24)/t12-,14+/m0/s1. The third-order valence-corrected chi connectivity index (χ3v) is 7.53. The van der Waals surface area contributed by atoms with Crippen LogP contribution < -0.4 is 10.6 Å². The van der Waals surface area contributed by atoms with Crippen LogP contribution >= 0.6 is 11.3 Å². The molecule has 2 aliphatic carbocycles. The van der Waals surface area contributed by atoms with E-state index in [0.29, 0.717) is 12.8 Å². The summed E-state index contributed by atoms with van der Waals surface area (Å²) in [6.07, 6.45) is -2.40. The Morgan fingerprint density at radius 1 is 1.39 bits per heavy atom. The van der Waals surface area contributed by atoms with E-state index in [1.54, 1.807) is 0 Å². The number of sulfone groups is 1. The summed E-state index contributed by atoms with van der Waals surface area (Å²) in [4.78, 5) is 12.6. The van der Waals surface area contributed by atoms with Gasteiger partial charge < -0.3 is 5.32 Å². The van der Waals surface area contributed by atoms with Gasteiger partial charge in [-0.05, 0) is 43.0 Å². The quantitative estimate of drug-likeness (QED) is 0.620. The molecule has 0 aliphatic heterocycles. The molecule has 2 saturated carbocycles. The lowest BCUT2D eigenvalue weighted by molar-refractivity contribution is -0.159. The number of amides is 1. The second kappa shape index (κ2) is 7.65. The van der Waals surface area contributed by atoms with Crippen molar-refractivity contribution in [2.45, 2.75) is 49.5 Å². The van der Waals surface area contributed by atoms with Gasteiger partial charge in [0.25, 0.3) is 0 Å². The Morgan fingerprint density at radius 2 is 2.07 bits per heavy atom. The van der Waals surface area contributed by atoms with E-state index in [1.165, 1.54) is 17.5 Å². The first-order chi connectivity index (χ1) is 13.0. The molecule has 1 aromatic heterocycles. The van der Waals surface area contributed by atoms with E-state index < -0.39 is 45.3 Å². The number of nitrogens with one attached hydrogen (secondary N) is 2. The molecule has 1 aromatic rings. The van der Waals surface area contributed by atoms with Gasteiger partial charge in [0.1, 0.15) is 17.6 Å². The SMILES string of the molecule is N#CC1(NC(=O)[C@H](CS(=O)(=O)CC2CC2)N[C@H](c2cccs2)C(F)(F)F)CC1. The Kier molecular flexibility index (Phi) is 5.76. The third-order valence-electron chi connectivity index (χ3n) is 4.77. The van der Waals surface area contributed by atoms with Crippen LogP contribution in [0.25, 0.3) is 0 Å². The summed E-state index contributed by atoms with van der Waals surface area (Å²) >= 11 is 0.864. The number of hydrogen-bond donors (Lipinski definition) is 2. The molecule has 0 radical (unpaired) electrons. The molecular formula is C17H20F3N3O3S2. The average molecular weight is 435 g/mol. The summed E-state index contributed by atoms with van der Waals surface area (Å²) in [5, 5.41) is 15.2. The zero-order valence-corrected chi connectivity index (χ0v) is 16.5. The highest BCUT2D eigenvalue weighted by Crippen LogP contribution is 2.37. The molecule has 0 saturated heterocycles. The average Bonchev–Trinajstić information content (AvgIpc) is 3.50. The van der Waals surface area contributed by atoms with Gasteiger partial charge in [0.05, 0.1) is 17.6 Å². The lowest BCUT2D eigenvalue weighted by atomic mass is 10.1. The van der Waals surface area contributed by atoms with Crippen LogP contribution in [0.5, 0.6) is 0 Å². The molecule has 28 heavy (non-hydrogen) atoms. The summed E-state index contributed by atoms with van der Waals surface area (Å²) in [6.45, 7) is 0. The van der Waals surface area contributed by atoms with Gasteiger partial charge in [0.15, 0.2) is 9.84 Å². The maximum Gasteiger partial charge on any atom is 0.408 e. The second-order valence-electron chi connectivity index (χ2n) is 7.41. The Labute approximate surface area is 165 Å². The summed E-state index contributed by atoms with van der Waals surface area (Å²) in [5.74, 6) is -1.77. The number of alkyl halides is 3. The number of halogens is 3. The monoisotopic (exact) mass is 435 g/mol. The summed E-state index contributed by atoms with van der Waals surface area (Å²) < 4.78 is 65.6. The van der Waals surface area contributed by atoms with Crippen molar-refractivity contribution in [2.75, 3.05) is 11.5 Å². The highest BCUT2D eigenvalue weighted by molar-refractivity contribution is 7.91. The van der Waals surface area contributed by atoms with Gasteiger partial charge >= 0.3 is 6.18 Å². The van der Waals surface area contributed by atoms with Crippen molar-refractivity contribution in [3.8, 4) is 6.07 Å². The normalized spacial score (nSPS) is 20.8. The van der Waals surface area contributed by atoms with Crippen molar-refractivity contribution >= 4 is 27.1 Å². The van der Waals surface area contributed by atoms with Gasteiger partial charge in [-0.2, -0.15) is 18.4 Å². The predicted molar refractivity (Wildman–Crippen MR) is 97.1 cm³/mol. The van der Waals surface area contributed by atoms with Crippen molar-refractivity contribution in [3.63, 3.8) is 0 Å². The fraction of sp³-hybridized carbons (Fsp3) is 0.647. The predicted octanol–water partition coefficient (Wildman–Crippen LogP) is 2.31. The number of hydrogen-bond acceptors (Lipinski definition) is 6. The molecule has 2 N–H and O–H groups in total. The van der Waals surface area contributed by atoms with Gasteiger partial charge in [-0.3, -0.25) is 10.1 Å². The van der Waals surface area contributed by atoms with E-state index in [2.05, 4.69) is 10.6 Å². The van der Waals surface area contributed by atoms with E-state index in [1.807, 2.05) is 6.07 Å². The van der Waals surface area contributed by atoms with Crippen molar-refractivity contribution in [1.82, 2.24) is 10.6 Å². The first kappa shape index (κ1) is 21.1. The lowest BCUT2D eigenvalue weighted by Gasteiger charge is -2.27. The highest BCUT2D eigenvalue weighted by atomic mass is 32.2. The van der Waals surface area contributed by atoms with Crippen molar-refractivity contribution in [1.29, 1.82) is 5.26 Å². The summed E-state index contributed by atoms with van der Waals surface area (Å²) in [6, 6.07) is 0.879. The zero-order chi connectivity index (χ0) is 20.6. The minimum absolute atomic E-state index is 0.0123. The number of nitrogens with zero attached hydrogens (tertiary/aromatic N) is 1. The Hall–Kier alpha value is -1.64. The van der Waals surface area contributed by atoms with Gasteiger partial charge in [0.2, 0.25) is 5.91 Å². The van der Waals surface area contributed by atoms with E-state index in [-0.39, 0.29) is 16.5 Å². The number of thiophene rings is 1. The fourth-order valence-corrected chi connectivity index (χ4v) is 5.62. The van der Waals surface area contributed by atoms with Gasteiger partial charge in [-0.15, -0.1) is 11.3 Å². The second-order valence-corrected chi connectivity index (χ2v) is 10.5. The molecule has 2 fully saturated rings. The lowest BCUT2D eigenvalue weighted by Crippen LogP contribution is -2.54. The Morgan fingerprint density at radius 3 is 2.54 bits per heavy atom. The minimum Gasteiger partial charge on any atom is -0.336 e.